The van der Waals surface area contributed by atoms with Gasteiger partial charge in [0.05, 0.1) is 11.4 Å². The highest BCUT2D eigenvalue weighted by Gasteiger charge is 2.16. The smallest absolute Gasteiger partial charge is 0.232 e. The fourth-order valence-corrected chi connectivity index (χ4v) is 3.74. The Labute approximate surface area is 182 Å². The Morgan fingerprint density at radius 1 is 1.09 bits per heavy atom. The lowest BCUT2D eigenvalue weighted by atomic mass is 10.0. The zero-order valence-electron chi connectivity index (χ0n) is 17.1. The largest absolute Gasteiger partial charge is 0.454 e. The van der Waals surface area contributed by atoms with E-state index in [-0.39, 0.29) is 22.9 Å². The number of ether oxygens (including phenoxy) is 1. The normalized spacial score (nSPS) is 11.6. The van der Waals surface area contributed by atoms with Crippen LogP contribution in [0.3, 0.4) is 0 Å². The van der Waals surface area contributed by atoms with Crippen molar-refractivity contribution in [3.05, 3.63) is 66.1 Å². The molecule has 0 aliphatic heterocycles. The molecule has 0 saturated carbocycles. The molecule has 0 fully saturated rings. The second kappa shape index (κ2) is 8.08. The fourth-order valence-electron chi connectivity index (χ4n) is 3.11. The van der Waals surface area contributed by atoms with Crippen molar-refractivity contribution in [2.24, 2.45) is 0 Å². The minimum absolute atomic E-state index is 0.111. The van der Waals surface area contributed by atoms with Crippen LogP contribution < -0.4 is 15.2 Å². The molecule has 0 aliphatic rings. The van der Waals surface area contributed by atoms with Crippen LogP contribution in [-0.2, 0) is 10.0 Å². The Bertz CT molecular complexity index is 1440. The summed E-state index contributed by atoms with van der Waals surface area (Å²) < 4.78 is 61.4. The Morgan fingerprint density at radius 3 is 2.56 bits per heavy atom. The van der Waals surface area contributed by atoms with E-state index in [0.717, 1.165) is 6.07 Å². The molecule has 0 aliphatic carbocycles. The van der Waals surface area contributed by atoms with Crippen LogP contribution in [0.25, 0.3) is 16.8 Å². The first-order valence-electron chi connectivity index (χ1n) is 9.55. The number of nitrogens with zero attached hydrogens (tertiary/aromatic N) is 3. The molecule has 0 radical (unpaired) electrons. The van der Waals surface area contributed by atoms with E-state index in [2.05, 4.69) is 14.9 Å². The Kier molecular flexibility index (Phi) is 5.43. The van der Waals surface area contributed by atoms with Crippen LogP contribution in [0.2, 0.25) is 0 Å². The van der Waals surface area contributed by atoms with E-state index in [0.29, 0.717) is 34.4 Å². The monoisotopic (exact) mass is 459 g/mol. The highest BCUT2D eigenvalue weighted by Crippen LogP contribution is 2.38. The molecule has 4 aromatic rings. The first-order valence-corrected chi connectivity index (χ1v) is 11.2. The molecule has 0 unspecified atom stereocenters. The van der Waals surface area contributed by atoms with Crippen molar-refractivity contribution in [1.29, 1.82) is 0 Å². The number of aryl methyl sites for hydroxylation is 1. The number of rotatable bonds is 6. The van der Waals surface area contributed by atoms with Crippen LogP contribution in [0.4, 0.5) is 20.2 Å². The maximum absolute atomic E-state index is 14.2. The van der Waals surface area contributed by atoms with Crippen molar-refractivity contribution in [3.63, 3.8) is 0 Å². The van der Waals surface area contributed by atoms with E-state index in [1.54, 1.807) is 29.7 Å². The molecule has 11 heteroatoms. The van der Waals surface area contributed by atoms with Gasteiger partial charge in [-0.1, -0.05) is 0 Å². The third-order valence-corrected chi connectivity index (χ3v) is 6.07. The molecule has 32 heavy (non-hydrogen) atoms. The first-order chi connectivity index (χ1) is 15.2. The van der Waals surface area contributed by atoms with Gasteiger partial charge in [-0.3, -0.25) is 9.12 Å². The summed E-state index contributed by atoms with van der Waals surface area (Å²) >= 11 is 0. The van der Waals surface area contributed by atoms with Crippen LogP contribution in [0.15, 0.2) is 48.7 Å². The quantitative estimate of drug-likeness (QED) is 0.449. The number of nitrogens with one attached hydrogen (secondary N) is 1. The van der Waals surface area contributed by atoms with Gasteiger partial charge in [0, 0.05) is 29.1 Å². The van der Waals surface area contributed by atoms with Crippen molar-refractivity contribution in [2.75, 3.05) is 16.2 Å². The van der Waals surface area contributed by atoms with E-state index in [4.69, 9.17) is 10.5 Å². The molecule has 0 spiro atoms. The number of benzene rings is 2. The van der Waals surface area contributed by atoms with Crippen LogP contribution >= 0.6 is 0 Å². The van der Waals surface area contributed by atoms with Crippen LogP contribution in [0.5, 0.6) is 11.5 Å². The first kappa shape index (κ1) is 21.5. The number of pyridine rings is 1. The summed E-state index contributed by atoms with van der Waals surface area (Å²) in [7, 11) is -3.54. The van der Waals surface area contributed by atoms with Crippen molar-refractivity contribution < 1.29 is 21.9 Å². The zero-order chi connectivity index (χ0) is 23.0. The van der Waals surface area contributed by atoms with E-state index in [1.807, 2.05) is 0 Å². The van der Waals surface area contributed by atoms with E-state index in [1.165, 1.54) is 25.1 Å². The standard InChI is InChI=1S/C21H19F2N5O3S/c1-3-32(29,30)27-15-5-7-19(31-20-6-4-14(22)9-17(20)23)16(10-15)13-8-18(24)21-26-25-12(2)28(21)11-13/h4-11,27H,3,24H2,1-2H3. The summed E-state index contributed by atoms with van der Waals surface area (Å²) in [6.45, 7) is 3.27. The molecule has 8 nitrogen and oxygen atoms in total. The second-order valence-electron chi connectivity index (χ2n) is 7.02. The van der Waals surface area contributed by atoms with Gasteiger partial charge in [0.15, 0.2) is 17.2 Å². The minimum Gasteiger partial charge on any atom is -0.454 e. The lowest BCUT2D eigenvalue weighted by Gasteiger charge is -2.15. The highest BCUT2D eigenvalue weighted by atomic mass is 32.2. The van der Waals surface area contributed by atoms with Gasteiger partial charge in [0.1, 0.15) is 17.4 Å². The molecule has 4 rings (SSSR count). The fraction of sp³-hybridized carbons (Fsp3) is 0.143. The Hall–Kier alpha value is -3.73. The molecular formula is C21H19F2N5O3S. The van der Waals surface area contributed by atoms with Crippen LogP contribution in [-0.4, -0.2) is 28.8 Å². The number of hydrogen-bond donors (Lipinski definition) is 2. The van der Waals surface area contributed by atoms with Gasteiger partial charge in [0.2, 0.25) is 10.0 Å². The number of nitrogens with two attached hydrogens (primary N) is 1. The van der Waals surface area contributed by atoms with Crippen LogP contribution in [0, 0.1) is 18.6 Å². The predicted octanol–water partition coefficient (Wildman–Crippen LogP) is 4.12. The van der Waals surface area contributed by atoms with Gasteiger partial charge >= 0.3 is 0 Å². The number of anilines is 2. The summed E-state index contributed by atoms with van der Waals surface area (Å²) in [5.74, 6) is -1.12. The lowest BCUT2D eigenvalue weighted by Crippen LogP contribution is -2.14. The summed E-state index contributed by atoms with van der Waals surface area (Å²) in [6.07, 6.45) is 1.71. The lowest BCUT2D eigenvalue weighted by molar-refractivity contribution is 0.439. The molecule has 0 atom stereocenters. The van der Waals surface area contributed by atoms with Crippen LogP contribution in [0.1, 0.15) is 12.7 Å². The number of hydrogen-bond acceptors (Lipinski definition) is 6. The van der Waals surface area contributed by atoms with Gasteiger partial charge in [-0.25, -0.2) is 17.2 Å². The van der Waals surface area contributed by atoms with Crippen molar-refractivity contribution in [2.45, 2.75) is 13.8 Å². The van der Waals surface area contributed by atoms with Crippen molar-refractivity contribution >= 4 is 27.0 Å². The van der Waals surface area contributed by atoms with Gasteiger partial charge < -0.3 is 10.5 Å². The highest BCUT2D eigenvalue weighted by molar-refractivity contribution is 7.92. The maximum atomic E-state index is 14.2. The summed E-state index contributed by atoms with van der Waals surface area (Å²) in [5.41, 5.74) is 8.19. The van der Waals surface area contributed by atoms with Crippen molar-refractivity contribution in [3.8, 4) is 22.6 Å². The minimum atomic E-state index is -3.54. The number of nitrogen functional groups attached to an aromatic ring is 1. The topological polar surface area (TPSA) is 112 Å². The van der Waals surface area contributed by atoms with E-state index >= 15 is 0 Å². The molecule has 2 aromatic carbocycles. The third-order valence-electron chi connectivity index (χ3n) is 4.76. The molecule has 166 valence electrons. The number of halogens is 2. The number of sulfonamides is 1. The van der Waals surface area contributed by atoms with Gasteiger partial charge in [-0.15, -0.1) is 10.2 Å². The molecule has 0 saturated heterocycles. The number of fused-ring (bicyclic) bond motifs is 1. The van der Waals surface area contributed by atoms with Gasteiger partial charge in [-0.05, 0) is 50.2 Å². The Balaban J connectivity index is 1.87. The zero-order valence-corrected chi connectivity index (χ0v) is 18.0. The summed E-state index contributed by atoms with van der Waals surface area (Å²) in [5, 5.41) is 8.02. The third kappa shape index (κ3) is 4.19. The van der Waals surface area contributed by atoms with E-state index < -0.39 is 21.7 Å². The predicted molar refractivity (Wildman–Crippen MR) is 117 cm³/mol. The molecule has 0 amide bonds. The Morgan fingerprint density at radius 2 is 1.84 bits per heavy atom. The SMILES string of the molecule is CCS(=O)(=O)Nc1ccc(Oc2ccc(F)cc2F)c(-c2cc(N)c3nnc(C)n3c2)c1. The molecule has 3 N–H and O–H groups in total. The summed E-state index contributed by atoms with van der Waals surface area (Å²) in [4.78, 5) is 0. The summed E-state index contributed by atoms with van der Waals surface area (Å²) in [6, 6.07) is 9.11. The maximum Gasteiger partial charge on any atom is 0.232 e. The molecule has 0 bridgehead atoms. The van der Waals surface area contributed by atoms with Gasteiger partial charge in [0.25, 0.3) is 0 Å². The average Bonchev–Trinajstić information content (AvgIpc) is 3.12. The molecule has 2 heterocycles. The van der Waals surface area contributed by atoms with E-state index in [9.17, 15) is 17.2 Å². The number of aromatic nitrogens is 3. The molecular weight excluding hydrogens is 440 g/mol. The average molecular weight is 459 g/mol. The van der Waals surface area contributed by atoms with Gasteiger partial charge in [-0.2, -0.15) is 0 Å². The second-order valence-corrected chi connectivity index (χ2v) is 9.03. The molecule has 2 aromatic heterocycles. The van der Waals surface area contributed by atoms with Crippen molar-refractivity contribution in [1.82, 2.24) is 14.6 Å².